The summed E-state index contributed by atoms with van der Waals surface area (Å²) in [6.45, 7) is 2.35. The first kappa shape index (κ1) is 18.4. The second kappa shape index (κ2) is 7.45. The molecular weight excluding hydrogens is 351 g/mol. The Morgan fingerprint density at radius 3 is 2.78 bits per heavy atom. The fourth-order valence-corrected chi connectivity index (χ4v) is 2.93. The molecule has 0 atom stereocenters. The molecule has 0 fully saturated rings. The fraction of sp³-hybridized carbons (Fsp3) is 0.211. The van der Waals surface area contributed by atoms with Gasteiger partial charge in [-0.25, -0.2) is 0 Å². The van der Waals surface area contributed by atoms with E-state index in [1.165, 1.54) is 25.4 Å². The Kier molecular flexibility index (Phi) is 5.07. The van der Waals surface area contributed by atoms with Crippen molar-refractivity contribution in [2.45, 2.75) is 13.3 Å². The van der Waals surface area contributed by atoms with Crippen LogP contribution in [0.1, 0.15) is 23.8 Å². The van der Waals surface area contributed by atoms with Crippen LogP contribution in [0.5, 0.6) is 5.88 Å². The zero-order valence-corrected chi connectivity index (χ0v) is 15.0. The van der Waals surface area contributed by atoms with Crippen LogP contribution in [0.2, 0.25) is 0 Å². The molecule has 0 saturated carbocycles. The van der Waals surface area contributed by atoms with E-state index in [1.54, 1.807) is 18.2 Å². The lowest BCUT2D eigenvalue weighted by molar-refractivity contribution is -0.605. The van der Waals surface area contributed by atoms with Gasteiger partial charge in [0, 0.05) is 23.1 Å². The highest BCUT2D eigenvalue weighted by molar-refractivity contribution is 6.08. The number of nitrogens with zero attached hydrogens (tertiary/aromatic N) is 2. The maximum atomic E-state index is 13.4. The third-order valence-corrected chi connectivity index (χ3v) is 4.18. The normalized spacial score (nSPS) is 10.8. The molecule has 3 aromatic rings. The van der Waals surface area contributed by atoms with Crippen molar-refractivity contribution in [1.82, 2.24) is 10.3 Å². The number of carbonyl (C=O) groups excluding carboxylic acids is 1. The molecule has 3 rings (SSSR count). The SMILES string of the molecule is CCCNC(=O)c1c(N)c2cccc(-c3ccc(F)nc3OC)c2c[n+]1[O-]. The lowest BCUT2D eigenvalue weighted by Crippen LogP contribution is -2.40. The zero-order chi connectivity index (χ0) is 19.6. The number of fused-ring (bicyclic) bond motifs is 1. The van der Waals surface area contributed by atoms with Gasteiger partial charge in [0.2, 0.25) is 11.8 Å². The number of hydrogen-bond donors (Lipinski definition) is 2. The summed E-state index contributed by atoms with van der Waals surface area (Å²) >= 11 is 0. The van der Waals surface area contributed by atoms with Crippen molar-refractivity contribution in [2.75, 3.05) is 19.4 Å². The first-order valence-electron chi connectivity index (χ1n) is 8.41. The number of ether oxygens (including phenoxy) is 1. The van der Waals surface area contributed by atoms with E-state index in [-0.39, 0.29) is 17.3 Å². The van der Waals surface area contributed by atoms with Crippen LogP contribution in [0.4, 0.5) is 10.1 Å². The van der Waals surface area contributed by atoms with Crippen LogP contribution in [0.3, 0.4) is 0 Å². The summed E-state index contributed by atoms with van der Waals surface area (Å²) in [5, 5.41) is 16.2. The number of benzene rings is 1. The van der Waals surface area contributed by atoms with Gasteiger partial charge in [0.15, 0.2) is 6.20 Å². The summed E-state index contributed by atoms with van der Waals surface area (Å²) < 4.78 is 19.0. The number of hydrogen-bond acceptors (Lipinski definition) is 5. The second-order valence-electron chi connectivity index (χ2n) is 5.93. The number of nitrogens with one attached hydrogen (secondary N) is 1. The van der Waals surface area contributed by atoms with Gasteiger partial charge in [0.1, 0.15) is 5.69 Å². The van der Waals surface area contributed by atoms with Crippen molar-refractivity contribution >= 4 is 22.4 Å². The molecule has 0 saturated heterocycles. The number of halogens is 1. The van der Waals surface area contributed by atoms with Gasteiger partial charge in [-0.05, 0) is 18.6 Å². The number of pyridine rings is 2. The number of aromatic nitrogens is 2. The summed E-state index contributed by atoms with van der Waals surface area (Å²) in [6.07, 6.45) is 2.02. The molecule has 0 aliphatic carbocycles. The van der Waals surface area contributed by atoms with Crippen LogP contribution in [-0.2, 0) is 0 Å². The monoisotopic (exact) mass is 370 g/mol. The molecule has 0 spiro atoms. The molecule has 7 nitrogen and oxygen atoms in total. The number of methoxy groups -OCH3 is 1. The maximum absolute atomic E-state index is 13.4. The molecule has 0 bridgehead atoms. The van der Waals surface area contributed by atoms with E-state index in [0.29, 0.717) is 33.2 Å². The lowest BCUT2D eigenvalue weighted by Gasteiger charge is -2.13. The Balaban J connectivity index is 2.23. The van der Waals surface area contributed by atoms with Crippen molar-refractivity contribution in [1.29, 1.82) is 0 Å². The van der Waals surface area contributed by atoms with Gasteiger partial charge in [-0.3, -0.25) is 4.79 Å². The predicted octanol–water partition coefficient (Wildman–Crippen LogP) is 2.40. The summed E-state index contributed by atoms with van der Waals surface area (Å²) in [5.74, 6) is -1.12. The topological polar surface area (TPSA) is 104 Å². The highest BCUT2D eigenvalue weighted by atomic mass is 19.1. The van der Waals surface area contributed by atoms with Crippen molar-refractivity contribution in [3.8, 4) is 17.0 Å². The Bertz CT molecular complexity index is 1020. The van der Waals surface area contributed by atoms with E-state index in [1.807, 2.05) is 6.92 Å². The van der Waals surface area contributed by atoms with Crippen LogP contribution in [0, 0.1) is 11.2 Å². The van der Waals surface area contributed by atoms with Gasteiger partial charge in [-0.2, -0.15) is 14.1 Å². The molecule has 0 aliphatic rings. The van der Waals surface area contributed by atoms with Crippen LogP contribution in [0.25, 0.3) is 21.9 Å². The molecule has 2 aromatic heterocycles. The smallest absolute Gasteiger partial charge is 0.319 e. The van der Waals surface area contributed by atoms with E-state index >= 15 is 0 Å². The first-order chi connectivity index (χ1) is 13.0. The van der Waals surface area contributed by atoms with Crippen LogP contribution < -0.4 is 20.5 Å². The van der Waals surface area contributed by atoms with Crippen molar-refractivity contribution in [2.24, 2.45) is 0 Å². The van der Waals surface area contributed by atoms with Gasteiger partial charge in [0.05, 0.1) is 12.5 Å². The van der Waals surface area contributed by atoms with Gasteiger partial charge in [-0.1, -0.05) is 25.1 Å². The lowest BCUT2D eigenvalue weighted by atomic mass is 9.99. The Labute approximate surface area is 155 Å². The quantitative estimate of drug-likeness (QED) is 0.408. The minimum Gasteiger partial charge on any atom is -0.618 e. The van der Waals surface area contributed by atoms with E-state index in [2.05, 4.69) is 10.3 Å². The van der Waals surface area contributed by atoms with E-state index in [9.17, 15) is 14.4 Å². The molecule has 1 amide bonds. The molecule has 0 unspecified atom stereocenters. The zero-order valence-electron chi connectivity index (χ0n) is 15.0. The minimum absolute atomic E-state index is 0.0759. The largest absolute Gasteiger partial charge is 0.618 e. The molecule has 27 heavy (non-hydrogen) atoms. The third kappa shape index (κ3) is 3.33. The van der Waals surface area contributed by atoms with Crippen molar-refractivity contribution < 1.29 is 18.7 Å². The molecule has 0 aliphatic heterocycles. The number of carbonyl (C=O) groups is 1. The number of amides is 1. The average molecular weight is 370 g/mol. The summed E-state index contributed by atoms with van der Waals surface area (Å²) in [5.41, 5.74) is 7.16. The van der Waals surface area contributed by atoms with Gasteiger partial charge in [0.25, 0.3) is 0 Å². The number of nitrogen functional groups attached to an aromatic ring is 1. The van der Waals surface area contributed by atoms with Crippen molar-refractivity contribution in [3.05, 3.63) is 53.4 Å². The second-order valence-corrected chi connectivity index (χ2v) is 5.93. The first-order valence-corrected chi connectivity index (χ1v) is 8.41. The van der Waals surface area contributed by atoms with Crippen LogP contribution in [0.15, 0.2) is 36.5 Å². The molecule has 3 N–H and O–H groups in total. The van der Waals surface area contributed by atoms with Gasteiger partial charge >= 0.3 is 11.6 Å². The van der Waals surface area contributed by atoms with E-state index < -0.39 is 11.9 Å². The standard InChI is InChI=1S/C19H19FN4O3/c1-3-9-22-18(25)17-16(21)12-6-4-5-11(14(12)10-24(17)26)13-7-8-15(20)23-19(13)27-2/h4-8,10H,3,9,21H2,1-2H3,(H,22,25). The molecule has 8 heteroatoms. The van der Waals surface area contributed by atoms with E-state index in [0.717, 1.165) is 6.42 Å². The van der Waals surface area contributed by atoms with Crippen molar-refractivity contribution in [3.63, 3.8) is 0 Å². The molecule has 0 radical (unpaired) electrons. The van der Waals surface area contributed by atoms with Crippen LogP contribution in [-0.4, -0.2) is 24.5 Å². The Morgan fingerprint density at radius 2 is 2.07 bits per heavy atom. The van der Waals surface area contributed by atoms with Gasteiger partial charge < -0.3 is 21.0 Å². The predicted molar refractivity (Wildman–Crippen MR) is 99.7 cm³/mol. The molecule has 1 aromatic carbocycles. The Hall–Kier alpha value is -3.42. The summed E-state index contributed by atoms with van der Waals surface area (Å²) in [7, 11) is 1.38. The average Bonchev–Trinajstić information content (AvgIpc) is 2.66. The molecule has 140 valence electrons. The number of rotatable bonds is 5. The maximum Gasteiger partial charge on any atom is 0.319 e. The minimum atomic E-state index is -0.677. The number of anilines is 1. The Morgan fingerprint density at radius 1 is 1.30 bits per heavy atom. The highest BCUT2D eigenvalue weighted by Crippen LogP contribution is 2.35. The summed E-state index contributed by atoms with van der Waals surface area (Å²) in [4.78, 5) is 16.0. The van der Waals surface area contributed by atoms with Gasteiger partial charge in [-0.15, -0.1) is 0 Å². The highest BCUT2D eigenvalue weighted by Gasteiger charge is 2.24. The summed E-state index contributed by atoms with van der Waals surface area (Å²) in [6, 6.07) is 7.92. The molecule has 2 heterocycles. The third-order valence-electron chi connectivity index (χ3n) is 4.18. The number of nitrogens with two attached hydrogens (primary N) is 1. The van der Waals surface area contributed by atoms with E-state index in [4.69, 9.17) is 10.5 Å². The fourth-order valence-electron chi connectivity index (χ4n) is 2.93. The van der Waals surface area contributed by atoms with Crippen LogP contribution >= 0.6 is 0 Å². The molecular formula is C19H19FN4O3.